The number of nitrogens with zero attached hydrogens (tertiary/aromatic N) is 1. The van der Waals surface area contributed by atoms with Gasteiger partial charge in [-0.25, -0.2) is 9.78 Å². The molecular formula is C9H5Br2NO3S. The van der Waals surface area contributed by atoms with Gasteiger partial charge in [-0.05, 0) is 31.9 Å². The first-order chi connectivity index (χ1) is 7.61. The number of carbonyl (C=O) groups is 1. The fraction of sp³-hybridized carbons (Fsp3) is 0.111. The first-order valence-electron chi connectivity index (χ1n) is 4.11. The van der Waals surface area contributed by atoms with E-state index in [4.69, 9.17) is 4.42 Å². The molecule has 0 fully saturated rings. The molecule has 2 aromatic heterocycles. The highest BCUT2D eigenvalue weighted by atomic mass is 79.9. The summed E-state index contributed by atoms with van der Waals surface area (Å²) in [5, 5.41) is 2.26. The van der Waals surface area contributed by atoms with E-state index in [-0.39, 0.29) is 5.69 Å². The maximum absolute atomic E-state index is 11.2. The van der Waals surface area contributed by atoms with Gasteiger partial charge in [0.1, 0.15) is 0 Å². The standard InChI is InChI=1S/C9H5Br2NO3S/c1-14-9(13)5-3-16-8(12-5)6-2-4(10)7(11)15-6/h2-3H,1H3. The first kappa shape index (κ1) is 11.8. The average Bonchev–Trinajstić information content (AvgIpc) is 2.86. The van der Waals surface area contributed by atoms with Crippen molar-refractivity contribution in [2.24, 2.45) is 0 Å². The van der Waals surface area contributed by atoms with Gasteiger partial charge in [-0.15, -0.1) is 11.3 Å². The van der Waals surface area contributed by atoms with E-state index < -0.39 is 5.97 Å². The summed E-state index contributed by atoms with van der Waals surface area (Å²) in [6.07, 6.45) is 0. The molecule has 0 bridgehead atoms. The molecule has 0 aromatic carbocycles. The van der Waals surface area contributed by atoms with Gasteiger partial charge in [-0.1, -0.05) is 0 Å². The second-order valence-corrected chi connectivity index (χ2v) is 5.19. The van der Waals surface area contributed by atoms with Crippen LogP contribution in [0.4, 0.5) is 0 Å². The summed E-state index contributed by atoms with van der Waals surface area (Å²) in [5.74, 6) is 0.145. The van der Waals surface area contributed by atoms with Crippen molar-refractivity contribution in [1.82, 2.24) is 4.98 Å². The molecule has 0 spiro atoms. The molecule has 0 unspecified atom stereocenters. The highest BCUT2D eigenvalue weighted by Gasteiger charge is 2.15. The zero-order valence-electron chi connectivity index (χ0n) is 7.99. The molecule has 7 heteroatoms. The van der Waals surface area contributed by atoms with Crippen LogP contribution in [-0.2, 0) is 4.74 Å². The van der Waals surface area contributed by atoms with Gasteiger partial charge in [0.05, 0.1) is 11.6 Å². The fourth-order valence-corrected chi connectivity index (χ4v) is 2.35. The minimum absolute atomic E-state index is 0.283. The van der Waals surface area contributed by atoms with E-state index in [9.17, 15) is 4.79 Å². The highest BCUT2D eigenvalue weighted by molar-refractivity contribution is 9.13. The van der Waals surface area contributed by atoms with Crippen molar-refractivity contribution in [1.29, 1.82) is 0 Å². The van der Waals surface area contributed by atoms with Gasteiger partial charge in [0.25, 0.3) is 0 Å². The van der Waals surface area contributed by atoms with Crippen LogP contribution >= 0.6 is 43.2 Å². The minimum atomic E-state index is -0.452. The predicted octanol–water partition coefficient (Wildman–Crippen LogP) is 3.71. The molecule has 0 saturated heterocycles. The van der Waals surface area contributed by atoms with Crippen LogP contribution < -0.4 is 0 Å². The summed E-state index contributed by atoms with van der Waals surface area (Å²) >= 11 is 7.86. The Kier molecular flexibility index (Phi) is 3.46. The van der Waals surface area contributed by atoms with E-state index in [1.165, 1.54) is 18.4 Å². The van der Waals surface area contributed by atoms with Gasteiger partial charge in [-0.2, -0.15) is 0 Å². The third kappa shape index (κ3) is 2.21. The van der Waals surface area contributed by atoms with Gasteiger partial charge in [0.15, 0.2) is 21.1 Å². The zero-order chi connectivity index (χ0) is 11.7. The van der Waals surface area contributed by atoms with E-state index in [0.29, 0.717) is 15.4 Å². The average molecular weight is 367 g/mol. The van der Waals surface area contributed by atoms with E-state index >= 15 is 0 Å². The Bertz CT molecular complexity index is 515. The lowest BCUT2D eigenvalue weighted by Crippen LogP contribution is -2.00. The summed E-state index contributed by atoms with van der Waals surface area (Å²) in [6, 6.07) is 1.78. The predicted molar refractivity (Wildman–Crippen MR) is 66.6 cm³/mol. The van der Waals surface area contributed by atoms with E-state index in [0.717, 1.165) is 4.47 Å². The normalized spacial score (nSPS) is 10.4. The van der Waals surface area contributed by atoms with Crippen molar-refractivity contribution in [2.75, 3.05) is 7.11 Å². The van der Waals surface area contributed by atoms with Crippen LogP contribution in [0.15, 0.2) is 25.0 Å². The van der Waals surface area contributed by atoms with Crippen molar-refractivity contribution in [3.63, 3.8) is 0 Å². The second-order valence-electron chi connectivity index (χ2n) is 2.76. The van der Waals surface area contributed by atoms with Crippen LogP contribution in [-0.4, -0.2) is 18.1 Å². The van der Waals surface area contributed by atoms with Crippen LogP contribution in [0.5, 0.6) is 0 Å². The largest absolute Gasteiger partial charge is 0.464 e. The Balaban J connectivity index is 2.35. The SMILES string of the molecule is COC(=O)c1csc(-c2cc(Br)c(Br)o2)n1. The van der Waals surface area contributed by atoms with Gasteiger partial charge in [-0.3, -0.25) is 0 Å². The van der Waals surface area contributed by atoms with Gasteiger partial charge < -0.3 is 9.15 Å². The molecule has 2 aromatic rings. The molecule has 0 radical (unpaired) electrons. The molecule has 84 valence electrons. The summed E-state index contributed by atoms with van der Waals surface area (Å²) in [6.45, 7) is 0. The Morgan fingerprint density at radius 3 is 2.88 bits per heavy atom. The lowest BCUT2D eigenvalue weighted by Gasteiger charge is -1.91. The Hall–Kier alpha value is -0.660. The summed E-state index contributed by atoms with van der Waals surface area (Å²) in [4.78, 5) is 15.3. The number of thiazole rings is 1. The number of esters is 1. The number of rotatable bonds is 2. The zero-order valence-corrected chi connectivity index (χ0v) is 12.0. The molecule has 0 N–H and O–H groups in total. The van der Waals surface area contributed by atoms with Gasteiger partial charge in [0.2, 0.25) is 0 Å². The van der Waals surface area contributed by atoms with E-state index in [2.05, 4.69) is 41.6 Å². The molecule has 2 rings (SSSR count). The Morgan fingerprint density at radius 2 is 2.31 bits per heavy atom. The second kappa shape index (κ2) is 4.68. The number of halogens is 2. The van der Waals surface area contributed by atoms with Gasteiger partial charge in [0, 0.05) is 11.4 Å². The van der Waals surface area contributed by atoms with Crippen molar-refractivity contribution >= 4 is 49.2 Å². The van der Waals surface area contributed by atoms with Gasteiger partial charge >= 0.3 is 5.97 Å². The van der Waals surface area contributed by atoms with Crippen LogP contribution in [0.1, 0.15) is 10.5 Å². The maximum Gasteiger partial charge on any atom is 0.357 e. The number of furan rings is 1. The topological polar surface area (TPSA) is 52.3 Å². The van der Waals surface area contributed by atoms with Crippen molar-refractivity contribution in [3.8, 4) is 10.8 Å². The molecule has 0 aliphatic heterocycles. The molecule has 2 heterocycles. The first-order valence-corrected chi connectivity index (χ1v) is 6.57. The number of hydrogen-bond donors (Lipinski definition) is 0. The Morgan fingerprint density at radius 1 is 1.56 bits per heavy atom. The number of hydrogen-bond acceptors (Lipinski definition) is 5. The number of aromatic nitrogens is 1. The highest BCUT2D eigenvalue weighted by Crippen LogP contribution is 2.34. The molecule has 16 heavy (non-hydrogen) atoms. The smallest absolute Gasteiger partial charge is 0.357 e. The van der Waals surface area contributed by atoms with Crippen LogP contribution in [0, 0.1) is 0 Å². The Labute approximate surface area is 112 Å². The monoisotopic (exact) mass is 365 g/mol. The molecule has 0 aliphatic rings. The van der Waals surface area contributed by atoms with Crippen molar-refractivity contribution in [3.05, 3.63) is 26.3 Å². The third-order valence-electron chi connectivity index (χ3n) is 1.75. The maximum atomic E-state index is 11.2. The van der Waals surface area contributed by atoms with Crippen LogP contribution in [0.3, 0.4) is 0 Å². The number of ether oxygens (including phenoxy) is 1. The molecule has 0 aliphatic carbocycles. The molecule has 0 amide bonds. The lowest BCUT2D eigenvalue weighted by molar-refractivity contribution is 0.0595. The van der Waals surface area contributed by atoms with Crippen molar-refractivity contribution < 1.29 is 13.9 Å². The summed E-state index contributed by atoms with van der Waals surface area (Å²) in [7, 11) is 1.32. The number of carbonyl (C=O) groups excluding carboxylic acids is 1. The fourth-order valence-electron chi connectivity index (χ4n) is 1.04. The molecular weight excluding hydrogens is 362 g/mol. The molecule has 0 saturated carbocycles. The summed E-state index contributed by atoms with van der Waals surface area (Å²) < 4.78 is 11.4. The van der Waals surface area contributed by atoms with Crippen LogP contribution in [0.2, 0.25) is 0 Å². The van der Waals surface area contributed by atoms with E-state index in [1.54, 1.807) is 11.4 Å². The molecule has 0 atom stereocenters. The number of methoxy groups -OCH3 is 1. The molecule has 4 nitrogen and oxygen atoms in total. The van der Waals surface area contributed by atoms with E-state index in [1.807, 2.05) is 0 Å². The third-order valence-corrected chi connectivity index (χ3v) is 4.32. The lowest BCUT2D eigenvalue weighted by atomic mass is 10.4. The summed E-state index contributed by atoms with van der Waals surface area (Å²) in [5.41, 5.74) is 0.283. The quantitative estimate of drug-likeness (QED) is 0.760. The van der Waals surface area contributed by atoms with Crippen molar-refractivity contribution in [2.45, 2.75) is 0 Å². The van der Waals surface area contributed by atoms with Crippen LogP contribution in [0.25, 0.3) is 10.8 Å². The minimum Gasteiger partial charge on any atom is -0.464 e.